The summed E-state index contributed by atoms with van der Waals surface area (Å²) in [7, 11) is 1.67. The molecule has 7 heteroatoms. The Morgan fingerprint density at radius 2 is 1.62 bits per heavy atom. The lowest BCUT2D eigenvalue weighted by molar-refractivity contribution is -0.117. The van der Waals surface area contributed by atoms with Crippen LogP contribution in [0.25, 0.3) is 0 Å². The van der Waals surface area contributed by atoms with E-state index in [0.29, 0.717) is 30.3 Å². The van der Waals surface area contributed by atoms with Crippen molar-refractivity contribution in [2.24, 2.45) is 5.92 Å². The van der Waals surface area contributed by atoms with Gasteiger partial charge >= 0.3 is 0 Å². The second-order valence-electron chi connectivity index (χ2n) is 8.60. The molecule has 1 aliphatic rings. The Kier molecular flexibility index (Phi) is 8.64. The van der Waals surface area contributed by atoms with E-state index in [0.717, 1.165) is 38.5 Å². The molecule has 2 aromatic rings. The van der Waals surface area contributed by atoms with Gasteiger partial charge in [-0.3, -0.25) is 19.4 Å². The average Bonchev–Trinajstić information content (AvgIpc) is 2.79. The Bertz CT molecular complexity index is 890. The van der Waals surface area contributed by atoms with Crippen LogP contribution >= 0.6 is 0 Å². The highest BCUT2D eigenvalue weighted by atomic mass is 16.5. The van der Waals surface area contributed by atoms with Crippen LogP contribution in [-0.4, -0.2) is 68.0 Å². The quantitative estimate of drug-likeness (QED) is 0.630. The van der Waals surface area contributed by atoms with Crippen molar-refractivity contribution >= 4 is 17.5 Å². The number of hydrogen-bond acceptors (Lipinski definition) is 5. The summed E-state index contributed by atoms with van der Waals surface area (Å²) in [5.74, 6) is 0.965. The fourth-order valence-corrected chi connectivity index (χ4v) is 3.67. The number of methoxy groups -OCH3 is 1. The van der Waals surface area contributed by atoms with Gasteiger partial charge in [-0.1, -0.05) is 38.1 Å². The zero-order chi connectivity index (χ0) is 22.9. The molecular weight excluding hydrogens is 404 g/mol. The van der Waals surface area contributed by atoms with Crippen molar-refractivity contribution in [3.63, 3.8) is 0 Å². The minimum absolute atomic E-state index is 0.0993. The van der Waals surface area contributed by atoms with E-state index in [-0.39, 0.29) is 11.8 Å². The highest BCUT2D eigenvalue weighted by molar-refractivity contribution is 6.04. The third-order valence-corrected chi connectivity index (χ3v) is 5.51. The van der Waals surface area contributed by atoms with E-state index in [1.54, 1.807) is 19.2 Å². The maximum Gasteiger partial charge on any atom is 0.253 e. The van der Waals surface area contributed by atoms with Crippen LogP contribution in [0.1, 0.15) is 29.8 Å². The van der Waals surface area contributed by atoms with Crippen molar-refractivity contribution in [3.05, 3.63) is 59.7 Å². The van der Waals surface area contributed by atoms with Crippen molar-refractivity contribution in [2.45, 2.75) is 20.4 Å². The average molecular weight is 439 g/mol. The number of nitrogens with zero attached hydrogens (tertiary/aromatic N) is 2. The van der Waals surface area contributed by atoms with Crippen LogP contribution in [-0.2, 0) is 11.3 Å². The van der Waals surface area contributed by atoms with Crippen molar-refractivity contribution in [3.8, 4) is 5.75 Å². The number of ether oxygens (including phenoxy) is 1. The predicted molar refractivity (Wildman–Crippen MR) is 127 cm³/mol. The largest absolute Gasteiger partial charge is 0.497 e. The molecule has 2 aromatic carbocycles. The Balaban J connectivity index is 1.46. The Morgan fingerprint density at radius 1 is 0.969 bits per heavy atom. The highest BCUT2D eigenvalue weighted by Crippen LogP contribution is 2.16. The number of hydrogen-bond donors (Lipinski definition) is 2. The van der Waals surface area contributed by atoms with Crippen molar-refractivity contribution in [2.75, 3.05) is 51.7 Å². The lowest BCUT2D eigenvalue weighted by Crippen LogP contribution is -2.48. The first kappa shape index (κ1) is 23.8. The standard InChI is InChI=1S/C25H34N4O3/c1-19(2)16-26-25(31)22-6-4-5-7-23(22)27-24(30)18-29-14-12-28(13-15-29)17-20-8-10-21(32-3)11-9-20/h4-11,19H,12-18H2,1-3H3,(H,26,31)(H,27,30). The summed E-state index contributed by atoms with van der Waals surface area (Å²) in [6, 6.07) is 15.3. The molecule has 0 bridgehead atoms. The summed E-state index contributed by atoms with van der Waals surface area (Å²) in [6.07, 6.45) is 0. The molecule has 7 nitrogen and oxygen atoms in total. The molecule has 0 atom stereocenters. The van der Waals surface area contributed by atoms with Gasteiger partial charge in [0, 0.05) is 39.3 Å². The first-order valence-corrected chi connectivity index (χ1v) is 11.2. The van der Waals surface area contributed by atoms with Gasteiger partial charge in [0.2, 0.25) is 5.91 Å². The molecule has 32 heavy (non-hydrogen) atoms. The summed E-state index contributed by atoms with van der Waals surface area (Å²) < 4.78 is 5.21. The highest BCUT2D eigenvalue weighted by Gasteiger charge is 2.20. The van der Waals surface area contributed by atoms with E-state index in [4.69, 9.17) is 4.74 Å². The van der Waals surface area contributed by atoms with E-state index in [2.05, 4.69) is 32.6 Å². The fourth-order valence-electron chi connectivity index (χ4n) is 3.67. The SMILES string of the molecule is COc1ccc(CN2CCN(CC(=O)Nc3ccccc3C(=O)NCC(C)C)CC2)cc1. The maximum absolute atomic E-state index is 12.6. The van der Waals surface area contributed by atoms with Crippen molar-refractivity contribution < 1.29 is 14.3 Å². The number of nitrogens with one attached hydrogen (secondary N) is 2. The van der Waals surface area contributed by atoms with E-state index in [1.807, 2.05) is 38.1 Å². The Morgan fingerprint density at radius 3 is 2.28 bits per heavy atom. The third kappa shape index (κ3) is 7.07. The molecule has 0 radical (unpaired) electrons. The molecule has 172 valence electrons. The number of carbonyl (C=O) groups excluding carboxylic acids is 2. The molecule has 0 spiro atoms. The van der Waals surface area contributed by atoms with Crippen LogP contribution in [0, 0.1) is 5.92 Å². The molecule has 1 saturated heterocycles. The van der Waals surface area contributed by atoms with Crippen molar-refractivity contribution in [1.29, 1.82) is 0 Å². The Labute approximate surface area is 190 Å². The van der Waals surface area contributed by atoms with E-state index in [9.17, 15) is 9.59 Å². The minimum Gasteiger partial charge on any atom is -0.497 e. The molecule has 1 aliphatic heterocycles. The molecule has 3 rings (SSSR count). The van der Waals surface area contributed by atoms with Crippen LogP contribution < -0.4 is 15.4 Å². The van der Waals surface area contributed by atoms with Gasteiger partial charge in [-0.25, -0.2) is 0 Å². The maximum atomic E-state index is 12.6. The monoisotopic (exact) mass is 438 g/mol. The molecule has 1 fully saturated rings. The van der Waals surface area contributed by atoms with Gasteiger partial charge in [-0.15, -0.1) is 0 Å². The van der Waals surface area contributed by atoms with Gasteiger partial charge in [0.15, 0.2) is 0 Å². The summed E-state index contributed by atoms with van der Waals surface area (Å²) in [6.45, 7) is 9.39. The summed E-state index contributed by atoms with van der Waals surface area (Å²) in [5, 5.41) is 5.83. The number of piperazine rings is 1. The van der Waals surface area contributed by atoms with Gasteiger partial charge < -0.3 is 15.4 Å². The van der Waals surface area contributed by atoms with Gasteiger partial charge in [-0.2, -0.15) is 0 Å². The number of rotatable bonds is 9. The minimum atomic E-state index is -0.165. The zero-order valence-corrected chi connectivity index (χ0v) is 19.3. The topological polar surface area (TPSA) is 73.9 Å². The van der Waals surface area contributed by atoms with Crippen LogP contribution in [0.2, 0.25) is 0 Å². The first-order chi connectivity index (χ1) is 15.4. The third-order valence-electron chi connectivity index (χ3n) is 5.51. The van der Waals surface area contributed by atoms with Gasteiger partial charge in [0.25, 0.3) is 5.91 Å². The van der Waals surface area contributed by atoms with Gasteiger partial charge in [0.05, 0.1) is 24.9 Å². The zero-order valence-electron chi connectivity index (χ0n) is 19.3. The van der Waals surface area contributed by atoms with Crippen LogP contribution in [0.5, 0.6) is 5.75 Å². The number of benzene rings is 2. The summed E-state index contributed by atoms with van der Waals surface area (Å²) in [5.41, 5.74) is 2.30. The van der Waals surface area contributed by atoms with E-state index in [1.165, 1.54) is 5.56 Å². The summed E-state index contributed by atoms with van der Waals surface area (Å²) in [4.78, 5) is 29.7. The second-order valence-corrected chi connectivity index (χ2v) is 8.60. The fraction of sp³-hybridized carbons (Fsp3) is 0.440. The molecule has 1 heterocycles. The van der Waals surface area contributed by atoms with Crippen LogP contribution in [0.4, 0.5) is 5.69 Å². The first-order valence-electron chi connectivity index (χ1n) is 11.2. The summed E-state index contributed by atoms with van der Waals surface area (Å²) >= 11 is 0. The number of carbonyl (C=O) groups is 2. The number of anilines is 1. The van der Waals surface area contributed by atoms with Gasteiger partial charge in [-0.05, 0) is 35.7 Å². The molecule has 2 amide bonds. The smallest absolute Gasteiger partial charge is 0.253 e. The lowest BCUT2D eigenvalue weighted by Gasteiger charge is -2.34. The predicted octanol–water partition coefficient (Wildman–Crippen LogP) is 2.84. The molecule has 2 N–H and O–H groups in total. The second kappa shape index (κ2) is 11.6. The number of amides is 2. The molecule has 0 unspecified atom stereocenters. The molecular formula is C25H34N4O3. The normalized spacial score (nSPS) is 14.9. The molecule has 0 aromatic heterocycles. The number of para-hydroxylation sites is 1. The van der Waals surface area contributed by atoms with Crippen LogP contribution in [0.3, 0.4) is 0 Å². The van der Waals surface area contributed by atoms with E-state index >= 15 is 0 Å². The van der Waals surface area contributed by atoms with Crippen LogP contribution in [0.15, 0.2) is 48.5 Å². The van der Waals surface area contributed by atoms with E-state index < -0.39 is 0 Å². The van der Waals surface area contributed by atoms with Gasteiger partial charge in [0.1, 0.15) is 5.75 Å². The van der Waals surface area contributed by atoms with Crippen molar-refractivity contribution in [1.82, 2.24) is 15.1 Å². The molecule has 0 aliphatic carbocycles. The Hall–Kier alpha value is -2.90. The lowest BCUT2D eigenvalue weighted by atomic mass is 10.1. The molecule has 0 saturated carbocycles.